The summed E-state index contributed by atoms with van der Waals surface area (Å²) in [4.78, 5) is 14.2. The van der Waals surface area contributed by atoms with Crippen molar-refractivity contribution in [1.82, 2.24) is 9.62 Å². The van der Waals surface area contributed by atoms with E-state index in [1.165, 1.54) is 25.7 Å². The second-order valence-electron chi connectivity index (χ2n) is 7.78. The highest BCUT2D eigenvalue weighted by Crippen LogP contribution is 2.21. The zero-order valence-electron chi connectivity index (χ0n) is 16.8. The molecule has 1 aliphatic heterocycles. The maximum Gasteiger partial charge on any atom is 0.337 e. The van der Waals surface area contributed by atoms with E-state index < -0.39 is 16.0 Å². The van der Waals surface area contributed by atoms with E-state index in [0.29, 0.717) is 17.7 Å². The van der Waals surface area contributed by atoms with E-state index in [2.05, 4.69) is 28.2 Å². The van der Waals surface area contributed by atoms with E-state index >= 15 is 0 Å². The Morgan fingerprint density at radius 2 is 1.89 bits per heavy atom. The fourth-order valence-electron chi connectivity index (χ4n) is 3.92. The van der Waals surface area contributed by atoms with Gasteiger partial charge < -0.3 is 9.64 Å². The summed E-state index contributed by atoms with van der Waals surface area (Å²) in [7, 11) is -2.28. The number of aryl methyl sites for hydroxylation is 1. The number of esters is 1. The van der Waals surface area contributed by atoms with Gasteiger partial charge in [-0.3, -0.25) is 0 Å². The van der Waals surface area contributed by atoms with Gasteiger partial charge >= 0.3 is 5.97 Å². The van der Waals surface area contributed by atoms with E-state index in [4.69, 9.17) is 0 Å². The molecule has 6 nitrogen and oxygen atoms in total. The first-order valence-corrected chi connectivity index (χ1v) is 11.1. The van der Waals surface area contributed by atoms with Crippen molar-refractivity contribution in [3.63, 3.8) is 0 Å². The second-order valence-corrected chi connectivity index (χ2v) is 9.52. The lowest BCUT2D eigenvalue weighted by atomic mass is 9.92. The quantitative estimate of drug-likeness (QED) is 0.540. The third kappa shape index (κ3) is 6.30. The van der Waals surface area contributed by atoms with Gasteiger partial charge in [0, 0.05) is 19.6 Å². The molecule has 0 saturated carbocycles. The Morgan fingerprint density at radius 1 is 1.22 bits per heavy atom. The Bertz CT molecular complexity index is 738. The smallest absolute Gasteiger partial charge is 0.337 e. The molecular weight excluding hydrogens is 364 g/mol. The summed E-state index contributed by atoms with van der Waals surface area (Å²) in [6.45, 7) is 9.99. The van der Waals surface area contributed by atoms with Gasteiger partial charge in [-0.15, -0.1) is 0 Å². The number of unbranched alkanes of at least 4 members (excludes halogenated alkanes) is 1. The minimum absolute atomic E-state index is 0.203. The molecule has 1 aromatic rings. The van der Waals surface area contributed by atoms with Gasteiger partial charge in [0.05, 0.1) is 17.6 Å². The summed E-state index contributed by atoms with van der Waals surface area (Å²) in [6.07, 6.45) is 3.07. The van der Waals surface area contributed by atoms with Crippen molar-refractivity contribution in [2.75, 3.05) is 33.3 Å². The first-order valence-electron chi connectivity index (χ1n) is 9.64. The van der Waals surface area contributed by atoms with Crippen molar-refractivity contribution in [2.45, 2.75) is 44.9 Å². The van der Waals surface area contributed by atoms with Crippen LogP contribution in [0.3, 0.4) is 0 Å². The zero-order valence-corrected chi connectivity index (χ0v) is 17.6. The van der Waals surface area contributed by atoms with Crippen LogP contribution in [0.25, 0.3) is 0 Å². The number of hydrogen-bond donors (Lipinski definition) is 1. The standard InChI is InChI=1S/C20H32N2O4S/c1-15-11-16(2)14-22(13-15)10-6-5-9-21-27(24,25)19-8-7-18(12-17(19)3)20(23)26-4/h7-8,12,15-16,21H,5-6,9-11,13-14H2,1-4H3. The average molecular weight is 397 g/mol. The van der Waals surface area contributed by atoms with Gasteiger partial charge in [0.1, 0.15) is 0 Å². The third-order valence-electron chi connectivity index (χ3n) is 5.02. The van der Waals surface area contributed by atoms with Crippen molar-refractivity contribution in [2.24, 2.45) is 11.8 Å². The molecule has 0 bridgehead atoms. The summed E-state index contributed by atoms with van der Waals surface area (Å²) in [5.41, 5.74) is 0.876. The lowest BCUT2D eigenvalue weighted by Gasteiger charge is -2.34. The van der Waals surface area contributed by atoms with E-state index in [1.807, 2.05) is 0 Å². The molecule has 1 N–H and O–H groups in total. The first kappa shape index (κ1) is 21.9. The maximum atomic E-state index is 12.5. The van der Waals surface area contributed by atoms with Crippen LogP contribution in [0, 0.1) is 18.8 Å². The number of likely N-dealkylation sites (tertiary alicyclic amines) is 1. The number of rotatable bonds is 8. The fraction of sp³-hybridized carbons (Fsp3) is 0.650. The van der Waals surface area contributed by atoms with Crippen molar-refractivity contribution in [1.29, 1.82) is 0 Å². The SMILES string of the molecule is COC(=O)c1ccc(S(=O)(=O)NCCCCN2CC(C)CC(C)C2)c(C)c1. The Labute approximate surface area is 163 Å². The van der Waals surface area contributed by atoms with Crippen LogP contribution in [0.1, 0.15) is 49.0 Å². The molecule has 0 amide bonds. The normalized spacial score (nSPS) is 21.2. The molecule has 1 saturated heterocycles. The minimum atomic E-state index is -3.58. The molecule has 7 heteroatoms. The molecule has 152 valence electrons. The van der Waals surface area contributed by atoms with E-state index in [0.717, 1.165) is 44.3 Å². The third-order valence-corrected chi connectivity index (χ3v) is 6.64. The number of piperidine rings is 1. The number of ether oxygens (including phenoxy) is 1. The Morgan fingerprint density at radius 3 is 2.48 bits per heavy atom. The predicted octanol–water partition coefficient (Wildman–Crippen LogP) is 2.82. The average Bonchev–Trinajstić information content (AvgIpc) is 2.59. The fourth-order valence-corrected chi connectivity index (χ4v) is 5.21. The van der Waals surface area contributed by atoms with Gasteiger partial charge in [0.25, 0.3) is 0 Å². The van der Waals surface area contributed by atoms with Crippen LogP contribution in [0.15, 0.2) is 23.1 Å². The molecule has 1 heterocycles. The molecule has 2 unspecified atom stereocenters. The Kier molecular flexibility index (Phi) is 7.82. The van der Waals surface area contributed by atoms with E-state index in [-0.39, 0.29) is 4.90 Å². The number of hydrogen-bond acceptors (Lipinski definition) is 5. The van der Waals surface area contributed by atoms with Gasteiger partial charge in [0.15, 0.2) is 0 Å². The number of carbonyl (C=O) groups is 1. The molecule has 2 rings (SSSR count). The molecule has 0 radical (unpaired) electrons. The predicted molar refractivity (Wildman–Crippen MR) is 106 cm³/mol. The van der Waals surface area contributed by atoms with Crippen LogP contribution in [0.4, 0.5) is 0 Å². The molecular formula is C20H32N2O4S. The van der Waals surface area contributed by atoms with Crippen molar-refractivity contribution in [3.05, 3.63) is 29.3 Å². The molecule has 0 aliphatic carbocycles. The van der Waals surface area contributed by atoms with Crippen molar-refractivity contribution < 1.29 is 17.9 Å². The van der Waals surface area contributed by atoms with Gasteiger partial charge in [-0.05, 0) is 68.3 Å². The topological polar surface area (TPSA) is 75.7 Å². The van der Waals surface area contributed by atoms with Crippen LogP contribution >= 0.6 is 0 Å². The van der Waals surface area contributed by atoms with Gasteiger partial charge in [0.2, 0.25) is 10.0 Å². The Hall–Kier alpha value is -1.44. The molecule has 1 aromatic carbocycles. The van der Waals surface area contributed by atoms with Gasteiger partial charge in [-0.2, -0.15) is 0 Å². The van der Waals surface area contributed by atoms with Crippen LogP contribution in [0.5, 0.6) is 0 Å². The van der Waals surface area contributed by atoms with E-state index in [9.17, 15) is 13.2 Å². The van der Waals surface area contributed by atoms with Gasteiger partial charge in [-0.1, -0.05) is 13.8 Å². The number of methoxy groups -OCH3 is 1. The molecule has 0 aromatic heterocycles. The molecule has 2 atom stereocenters. The monoisotopic (exact) mass is 396 g/mol. The number of sulfonamides is 1. The molecule has 27 heavy (non-hydrogen) atoms. The van der Waals surface area contributed by atoms with Crippen LogP contribution in [-0.2, 0) is 14.8 Å². The molecule has 1 aliphatic rings. The zero-order chi connectivity index (χ0) is 20.0. The maximum absolute atomic E-state index is 12.5. The largest absolute Gasteiger partial charge is 0.465 e. The minimum Gasteiger partial charge on any atom is -0.465 e. The Balaban J connectivity index is 1.82. The molecule has 1 fully saturated rings. The summed E-state index contributed by atoms with van der Waals surface area (Å²) in [5.74, 6) is 1.00. The number of benzene rings is 1. The van der Waals surface area contributed by atoms with Crippen LogP contribution in [0.2, 0.25) is 0 Å². The highest BCUT2D eigenvalue weighted by molar-refractivity contribution is 7.89. The highest BCUT2D eigenvalue weighted by atomic mass is 32.2. The van der Waals surface area contributed by atoms with Crippen LogP contribution < -0.4 is 4.72 Å². The number of nitrogens with one attached hydrogen (secondary N) is 1. The lowest BCUT2D eigenvalue weighted by molar-refractivity contribution is 0.0600. The number of nitrogens with zero attached hydrogens (tertiary/aromatic N) is 1. The summed E-state index contributed by atoms with van der Waals surface area (Å²) >= 11 is 0. The highest BCUT2D eigenvalue weighted by Gasteiger charge is 2.21. The summed E-state index contributed by atoms with van der Waals surface area (Å²) in [6, 6.07) is 4.48. The van der Waals surface area contributed by atoms with Crippen molar-refractivity contribution >= 4 is 16.0 Å². The van der Waals surface area contributed by atoms with E-state index in [1.54, 1.807) is 13.0 Å². The number of carbonyl (C=O) groups excluding carboxylic acids is 1. The lowest BCUT2D eigenvalue weighted by Crippen LogP contribution is -2.39. The summed E-state index contributed by atoms with van der Waals surface area (Å²) < 4.78 is 32.4. The van der Waals surface area contributed by atoms with Crippen LogP contribution in [-0.4, -0.2) is 52.6 Å². The van der Waals surface area contributed by atoms with Crippen molar-refractivity contribution in [3.8, 4) is 0 Å². The first-order chi connectivity index (χ1) is 12.7. The second kappa shape index (κ2) is 9.66. The summed E-state index contributed by atoms with van der Waals surface area (Å²) in [5, 5.41) is 0. The molecule has 0 spiro atoms. The van der Waals surface area contributed by atoms with Gasteiger partial charge in [-0.25, -0.2) is 17.9 Å².